The molecule has 0 aliphatic carbocycles. The summed E-state index contributed by atoms with van der Waals surface area (Å²) in [6.07, 6.45) is 0. The quantitative estimate of drug-likeness (QED) is 0.634. The number of amides is 2. The standard InChI is InChI=1S/C20H22N4O2S2/c1-20(2)15(10-21)18(26)24-19(16(20)11-22)28-13-17(25)23-8-9-27-12-14-6-4-3-5-7-14/h3-7,15H,8-9,12-13H2,1-2H3,(H,23,25)(H,24,26)/t15-/m1/s1. The van der Waals surface area contributed by atoms with Crippen LogP contribution in [0, 0.1) is 34.0 Å². The molecule has 0 saturated heterocycles. The summed E-state index contributed by atoms with van der Waals surface area (Å²) in [5.74, 6) is 0.256. The van der Waals surface area contributed by atoms with E-state index in [4.69, 9.17) is 0 Å². The summed E-state index contributed by atoms with van der Waals surface area (Å²) in [5.41, 5.74) is 0.685. The Balaban J connectivity index is 1.80. The van der Waals surface area contributed by atoms with Crippen LogP contribution in [-0.2, 0) is 15.3 Å². The molecule has 0 unspecified atom stereocenters. The van der Waals surface area contributed by atoms with Crippen LogP contribution in [0.5, 0.6) is 0 Å². The van der Waals surface area contributed by atoms with E-state index in [-0.39, 0.29) is 11.7 Å². The van der Waals surface area contributed by atoms with Crippen molar-refractivity contribution in [1.29, 1.82) is 10.5 Å². The van der Waals surface area contributed by atoms with Gasteiger partial charge in [-0.3, -0.25) is 9.59 Å². The van der Waals surface area contributed by atoms with Crippen molar-refractivity contribution in [3.8, 4) is 12.1 Å². The van der Waals surface area contributed by atoms with E-state index in [2.05, 4.69) is 28.8 Å². The fourth-order valence-electron chi connectivity index (χ4n) is 2.75. The van der Waals surface area contributed by atoms with Crippen LogP contribution >= 0.6 is 23.5 Å². The van der Waals surface area contributed by atoms with E-state index in [9.17, 15) is 20.1 Å². The number of benzene rings is 1. The average molecular weight is 415 g/mol. The zero-order chi connectivity index (χ0) is 20.6. The Labute approximate surface area is 173 Å². The van der Waals surface area contributed by atoms with Gasteiger partial charge in [0, 0.05) is 23.5 Å². The van der Waals surface area contributed by atoms with E-state index in [1.165, 1.54) is 5.56 Å². The summed E-state index contributed by atoms with van der Waals surface area (Å²) in [4.78, 5) is 24.2. The Hall–Kier alpha value is -2.42. The lowest BCUT2D eigenvalue weighted by Gasteiger charge is -2.34. The molecule has 0 bridgehead atoms. The van der Waals surface area contributed by atoms with E-state index < -0.39 is 17.2 Å². The number of thioether (sulfide) groups is 2. The lowest BCUT2D eigenvalue weighted by Crippen LogP contribution is -2.44. The minimum absolute atomic E-state index is 0.0947. The van der Waals surface area contributed by atoms with Crippen molar-refractivity contribution in [1.82, 2.24) is 10.6 Å². The van der Waals surface area contributed by atoms with Gasteiger partial charge in [0.05, 0.1) is 28.5 Å². The molecule has 8 heteroatoms. The van der Waals surface area contributed by atoms with Gasteiger partial charge in [-0.05, 0) is 5.56 Å². The molecule has 0 fully saturated rings. The first-order valence-electron chi connectivity index (χ1n) is 8.76. The summed E-state index contributed by atoms with van der Waals surface area (Å²) in [7, 11) is 0. The maximum Gasteiger partial charge on any atom is 0.243 e. The molecule has 1 heterocycles. The lowest BCUT2D eigenvalue weighted by molar-refractivity contribution is -0.125. The largest absolute Gasteiger partial charge is 0.355 e. The number of allylic oxidation sites excluding steroid dienone is 1. The number of nitrogens with zero attached hydrogens (tertiary/aromatic N) is 2. The third-order valence-corrected chi connectivity index (χ3v) is 6.39. The van der Waals surface area contributed by atoms with E-state index in [0.29, 0.717) is 17.1 Å². The van der Waals surface area contributed by atoms with Gasteiger partial charge in [0.2, 0.25) is 11.8 Å². The van der Waals surface area contributed by atoms with Crippen molar-refractivity contribution in [2.75, 3.05) is 18.1 Å². The predicted molar refractivity (Wildman–Crippen MR) is 112 cm³/mol. The van der Waals surface area contributed by atoms with Gasteiger partial charge in [0.15, 0.2) is 0 Å². The number of carbonyl (C=O) groups is 2. The van der Waals surface area contributed by atoms with Crippen LogP contribution in [0.1, 0.15) is 19.4 Å². The molecule has 0 saturated carbocycles. The van der Waals surface area contributed by atoms with Crippen LogP contribution in [0.2, 0.25) is 0 Å². The normalized spacial score (nSPS) is 18.0. The molecule has 1 aromatic carbocycles. The maximum atomic E-state index is 12.1. The van der Waals surface area contributed by atoms with Crippen LogP contribution in [0.3, 0.4) is 0 Å². The molecule has 2 amide bonds. The monoisotopic (exact) mass is 414 g/mol. The number of nitrogens with one attached hydrogen (secondary N) is 2. The number of hydrogen-bond donors (Lipinski definition) is 2. The molecule has 1 aromatic rings. The Kier molecular flexibility index (Phi) is 7.98. The molecule has 2 N–H and O–H groups in total. The molecule has 0 radical (unpaired) electrons. The highest BCUT2D eigenvalue weighted by Crippen LogP contribution is 2.41. The fourth-order valence-corrected chi connectivity index (χ4v) is 4.57. The minimum Gasteiger partial charge on any atom is -0.355 e. The van der Waals surface area contributed by atoms with Gasteiger partial charge in [-0.2, -0.15) is 22.3 Å². The number of carbonyl (C=O) groups excluding carboxylic acids is 2. The Morgan fingerprint density at radius 1 is 1.29 bits per heavy atom. The highest BCUT2D eigenvalue weighted by atomic mass is 32.2. The van der Waals surface area contributed by atoms with Gasteiger partial charge in [0.25, 0.3) is 0 Å². The van der Waals surface area contributed by atoms with E-state index in [0.717, 1.165) is 23.3 Å². The summed E-state index contributed by atoms with van der Waals surface area (Å²) in [6.45, 7) is 3.95. The highest BCUT2D eigenvalue weighted by Gasteiger charge is 2.44. The van der Waals surface area contributed by atoms with Crippen molar-refractivity contribution < 1.29 is 9.59 Å². The van der Waals surface area contributed by atoms with Crippen molar-refractivity contribution in [3.05, 3.63) is 46.5 Å². The van der Waals surface area contributed by atoms with Crippen molar-refractivity contribution in [3.63, 3.8) is 0 Å². The SMILES string of the molecule is CC1(C)C(C#N)=C(SCC(=O)NCCSCc2ccccc2)NC(=O)[C@H]1C#N. The number of nitriles is 2. The van der Waals surface area contributed by atoms with Crippen molar-refractivity contribution >= 4 is 35.3 Å². The van der Waals surface area contributed by atoms with E-state index >= 15 is 0 Å². The Bertz CT molecular complexity index is 838. The highest BCUT2D eigenvalue weighted by molar-refractivity contribution is 8.03. The Morgan fingerprint density at radius 3 is 2.64 bits per heavy atom. The van der Waals surface area contributed by atoms with Crippen molar-refractivity contribution in [2.24, 2.45) is 11.3 Å². The molecule has 146 valence electrons. The minimum atomic E-state index is -0.929. The molecular formula is C20H22N4O2S2. The maximum absolute atomic E-state index is 12.1. The molecule has 1 atom stereocenters. The zero-order valence-corrected chi connectivity index (χ0v) is 17.5. The van der Waals surface area contributed by atoms with Crippen LogP contribution in [0.25, 0.3) is 0 Å². The lowest BCUT2D eigenvalue weighted by atomic mass is 9.72. The number of rotatable bonds is 8. The second-order valence-corrected chi connectivity index (χ2v) is 8.86. The van der Waals surface area contributed by atoms with E-state index in [1.54, 1.807) is 25.6 Å². The average Bonchev–Trinajstić information content (AvgIpc) is 2.66. The van der Waals surface area contributed by atoms with E-state index in [1.807, 2.05) is 24.3 Å². The summed E-state index contributed by atoms with van der Waals surface area (Å²) < 4.78 is 0. The summed E-state index contributed by atoms with van der Waals surface area (Å²) in [5, 5.41) is 24.5. The fraction of sp³-hybridized carbons (Fsp3) is 0.400. The molecular weight excluding hydrogens is 392 g/mol. The third-order valence-electron chi connectivity index (χ3n) is 4.36. The molecule has 0 aromatic heterocycles. The molecule has 2 rings (SSSR count). The first-order chi connectivity index (χ1) is 13.4. The zero-order valence-electron chi connectivity index (χ0n) is 15.8. The van der Waals surface area contributed by atoms with Crippen LogP contribution in [-0.4, -0.2) is 29.9 Å². The first kappa shape index (κ1) is 21.9. The van der Waals surface area contributed by atoms with Crippen LogP contribution in [0.4, 0.5) is 0 Å². The van der Waals surface area contributed by atoms with Gasteiger partial charge in [0.1, 0.15) is 5.92 Å². The molecule has 0 spiro atoms. The molecule has 28 heavy (non-hydrogen) atoms. The Morgan fingerprint density at radius 2 is 2.00 bits per heavy atom. The third kappa shape index (κ3) is 5.54. The molecule has 6 nitrogen and oxygen atoms in total. The topological polar surface area (TPSA) is 106 Å². The van der Waals surface area contributed by atoms with Crippen molar-refractivity contribution in [2.45, 2.75) is 19.6 Å². The first-order valence-corrected chi connectivity index (χ1v) is 10.9. The smallest absolute Gasteiger partial charge is 0.243 e. The molecule has 1 aliphatic rings. The van der Waals surface area contributed by atoms with Crippen LogP contribution < -0.4 is 10.6 Å². The van der Waals surface area contributed by atoms with Gasteiger partial charge < -0.3 is 10.6 Å². The summed E-state index contributed by atoms with van der Waals surface area (Å²) >= 11 is 2.85. The summed E-state index contributed by atoms with van der Waals surface area (Å²) in [6, 6.07) is 14.2. The van der Waals surface area contributed by atoms with Gasteiger partial charge in [-0.25, -0.2) is 0 Å². The second-order valence-electron chi connectivity index (χ2n) is 6.77. The van der Waals surface area contributed by atoms with Gasteiger partial charge in [-0.15, -0.1) is 0 Å². The predicted octanol–water partition coefficient (Wildman–Crippen LogP) is 2.80. The molecule has 1 aliphatic heterocycles. The number of hydrogen-bond acceptors (Lipinski definition) is 6. The van der Waals surface area contributed by atoms with Gasteiger partial charge in [-0.1, -0.05) is 55.9 Å². The van der Waals surface area contributed by atoms with Crippen LogP contribution in [0.15, 0.2) is 40.9 Å². The van der Waals surface area contributed by atoms with Gasteiger partial charge >= 0.3 is 0 Å². The second kappa shape index (κ2) is 10.2.